The lowest BCUT2D eigenvalue weighted by atomic mass is 10.1. The summed E-state index contributed by atoms with van der Waals surface area (Å²) in [5, 5.41) is 11.5. The van der Waals surface area contributed by atoms with Gasteiger partial charge in [0, 0.05) is 31.0 Å². The lowest BCUT2D eigenvalue weighted by Crippen LogP contribution is -2.27. The van der Waals surface area contributed by atoms with Gasteiger partial charge in [-0.25, -0.2) is 4.98 Å². The maximum atomic E-state index is 12.4. The van der Waals surface area contributed by atoms with Crippen molar-refractivity contribution in [3.05, 3.63) is 59.2 Å². The fourth-order valence-corrected chi connectivity index (χ4v) is 4.29. The number of nitrogens with zero attached hydrogens (tertiary/aromatic N) is 5. The molecule has 3 rings (SSSR count). The number of benzene rings is 1. The van der Waals surface area contributed by atoms with Crippen LogP contribution in [0.15, 0.2) is 36.7 Å². The molecule has 0 atom stereocenters. The summed E-state index contributed by atoms with van der Waals surface area (Å²) >= 11 is 0. The molecule has 1 amide bonds. The molecule has 0 aliphatic rings. The molecule has 8 nitrogen and oxygen atoms in total. The third-order valence-corrected chi connectivity index (χ3v) is 6.28. The summed E-state index contributed by atoms with van der Waals surface area (Å²) in [5.74, 6) is 1.12. The number of carbonyl (C=O) groups is 1. The van der Waals surface area contributed by atoms with E-state index in [-0.39, 0.29) is 5.91 Å². The van der Waals surface area contributed by atoms with Gasteiger partial charge >= 0.3 is 0 Å². The Morgan fingerprint density at radius 3 is 2.42 bits per heavy atom. The van der Waals surface area contributed by atoms with E-state index in [4.69, 9.17) is 5.73 Å². The maximum Gasteiger partial charge on any atom is 0.251 e. The fourth-order valence-electron chi connectivity index (χ4n) is 4.29. The van der Waals surface area contributed by atoms with E-state index in [2.05, 4.69) is 59.7 Å². The molecular formula is C28H43N7O. The van der Waals surface area contributed by atoms with Crippen molar-refractivity contribution in [3.63, 3.8) is 0 Å². The van der Waals surface area contributed by atoms with Gasteiger partial charge in [-0.3, -0.25) is 9.48 Å². The lowest BCUT2D eigenvalue weighted by Gasteiger charge is -2.06. The Labute approximate surface area is 215 Å². The number of aromatic nitrogens is 5. The quantitative estimate of drug-likeness (QED) is 0.278. The molecular weight excluding hydrogens is 450 g/mol. The Hall–Kier alpha value is -3.16. The second kappa shape index (κ2) is 14.4. The fraction of sp³-hybridized carbons (Fsp3) is 0.571. The number of imidazole rings is 1. The number of unbranched alkanes of at least 4 members (excludes halogenated alkanes) is 4. The zero-order chi connectivity index (χ0) is 25.8. The minimum Gasteiger partial charge on any atom is -0.369 e. The topological polar surface area (TPSA) is 104 Å². The molecule has 0 bridgehead atoms. The van der Waals surface area contributed by atoms with Crippen molar-refractivity contribution >= 4 is 11.9 Å². The van der Waals surface area contributed by atoms with E-state index in [1.165, 1.54) is 24.8 Å². The normalized spacial score (nSPS) is 11.3. The Bertz CT molecular complexity index is 1050. The van der Waals surface area contributed by atoms with Crippen molar-refractivity contribution < 1.29 is 4.79 Å². The Morgan fingerprint density at radius 1 is 0.972 bits per heavy atom. The zero-order valence-electron chi connectivity index (χ0n) is 22.2. The van der Waals surface area contributed by atoms with Gasteiger partial charge in [0.25, 0.3) is 5.91 Å². The third kappa shape index (κ3) is 9.13. The summed E-state index contributed by atoms with van der Waals surface area (Å²) in [6.45, 7) is 8.60. The van der Waals surface area contributed by atoms with Crippen LogP contribution in [0.2, 0.25) is 0 Å². The number of rotatable bonds is 16. The Balaban J connectivity index is 1.30. The average molecular weight is 494 g/mol. The molecule has 36 heavy (non-hydrogen) atoms. The van der Waals surface area contributed by atoms with Crippen LogP contribution in [0.1, 0.15) is 86.6 Å². The van der Waals surface area contributed by atoms with Gasteiger partial charge in [-0.1, -0.05) is 57.4 Å². The van der Waals surface area contributed by atoms with E-state index in [1.807, 2.05) is 22.9 Å². The van der Waals surface area contributed by atoms with E-state index in [0.717, 1.165) is 56.5 Å². The van der Waals surface area contributed by atoms with Gasteiger partial charge in [-0.2, -0.15) is 0 Å². The molecule has 0 aliphatic heterocycles. The van der Waals surface area contributed by atoms with Crippen LogP contribution < -0.4 is 11.1 Å². The summed E-state index contributed by atoms with van der Waals surface area (Å²) in [5.41, 5.74) is 10.1. The number of nitrogens with two attached hydrogens (primary N) is 1. The molecule has 3 aromatic rings. The minimum absolute atomic E-state index is 0.0498. The highest BCUT2D eigenvalue weighted by Gasteiger charge is 2.08. The number of amides is 1. The van der Waals surface area contributed by atoms with Crippen molar-refractivity contribution in [2.24, 2.45) is 5.92 Å². The van der Waals surface area contributed by atoms with E-state index in [1.54, 1.807) is 4.68 Å². The van der Waals surface area contributed by atoms with Gasteiger partial charge in [0.1, 0.15) is 0 Å². The first-order valence-corrected chi connectivity index (χ1v) is 13.5. The second-order valence-corrected chi connectivity index (χ2v) is 10.1. The molecule has 0 saturated carbocycles. The predicted octanol–water partition coefficient (Wildman–Crippen LogP) is 4.83. The van der Waals surface area contributed by atoms with Gasteiger partial charge in [-0.15, -0.1) is 5.10 Å². The van der Waals surface area contributed by atoms with Crippen molar-refractivity contribution in [3.8, 4) is 0 Å². The number of aryl methyl sites for hydroxylation is 3. The number of nitrogens with one attached hydrogen (secondary N) is 1. The number of carbonyl (C=O) groups excluding carboxylic acids is 1. The molecule has 2 heterocycles. The summed E-state index contributed by atoms with van der Waals surface area (Å²) in [6, 6.07) is 7.94. The summed E-state index contributed by atoms with van der Waals surface area (Å²) in [4.78, 5) is 16.9. The first-order valence-electron chi connectivity index (χ1n) is 13.5. The van der Waals surface area contributed by atoms with Crippen molar-refractivity contribution in [1.29, 1.82) is 0 Å². The van der Waals surface area contributed by atoms with Crippen LogP contribution in [0.25, 0.3) is 0 Å². The van der Waals surface area contributed by atoms with Crippen molar-refractivity contribution in [2.45, 2.75) is 91.6 Å². The van der Waals surface area contributed by atoms with E-state index in [0.29, 0.717) is 30.5 Å². The summed E-state index contributed by atoms with van der Waals surface area (Å²) in [6.07, 6.45) is 13.9. The molecule has 0 saturated heterocycles. The van der Waals surface area contributed by atoms with Gasteiger partial charge in [-0.05, 0) is 62.1 Å². The standard InChI is InChI=1S/C28H43N7O/c1-4-5-7-10-23-13-15-24(16-14-23)27(36)30-17-18-35-21-26(32-33-35)12-9-6-8-11-25-20-34(19-22(2)3)28(29)31-25/h13-16,20-22H,4-12,17-19H2,1-3H3,(H2,29,31)(H,30,36). The first kappa shape index (κ1) is 27.4. The number of hydrogen-bond acceptors (Lipinski definition) is 5. The van der Waals surface area contributed by atoms with E-state index >= 15 is 0 Å². The number of hydrogen-bond donors (Lipinski definition) is 2. The molecule has 3 N–H and O–H groups in total. The third-order valence-electron chi connectivity index (χ3n) is 6.28. The molecule has 0 radical (unpaired) electrons. The van der Waals surface area contributed by atoms with Crippen molar-refractivity contribution in [1.82, 2.24) is 29.9 Å². The highest BCUT2D eigenvalue weighted by Crippen LogP contribution is 2.13. The second-order valence-electron chi connectivity index (χ2n) is 10.1. The highest BCUT2D eigenvalue weighted by atomic mass is 16.1. The van der Waals surface area contributed by atoms with Gasteiger partial charge in [0.05, 0.1) is 17.9 Å². The minimum atomic E-state index is -0.0498. The van der Waals surface area contributed by atoms with Crippen LogP contribution in [0.5, 0.6) is 0 Å². The Kier molecular flexibility index (Phi) is 11.0. The van der Waals surface area contributed by atoms with Crippen LogP contribution in [0, 0.1) is 5.92 Å². The molecule has 0 aliphatic carbocycles. The summed E-state index contributed by atoms with van der Waals surface area (Å²) < 4.78 is 3.85. The van der Waals surface area contributed by atoms with Gasteiger partial charge in [0.15, 0.2) is 5.95 Å². The number of nitrogen functional groups attached to an aromatic ring is 1. The average Bonchev–Trinajstić information content (AvgIpc) is 3.45. The molecule has 0 fully saturated rings. The SMILES string of the molecule is CCCCCc1ccc(C(=O)NCCn2cc(CCCCCc3cn(CC(C)C)c(N)n3)nn2)cc1. The molecule has 8 heteroatoms. The van der Waals surface area contributed by atoms with Crippen LogP contribution in [-0.4, -0.2) is 37.0 Å². The van der Waals surface area contributed by atoms with Crippen LogP contribution in [0.3, 0.4) is 0 Å². The molecule has 0 unspecified atom stereocenters. The summed E-state index contributed by atoms with van der Waals surface area (Å²) in [7, 11) is 0. The smallest absolute Gasteiger partial charge is 0.251 e. The van der Waals surface area contributed by atoms with Crippen LogP contribution in [0.4, 0.5) is 5.95 Å². The first-order chi connectivity index (χ1) is 17.4. The lowest BCUT2D eigenvalue weighted by molar-refractivity contribution is 0.0952. The number of anilines is 1. The predicted molar refractivity (Wildman–Crippen MR) is 145 cm³/mol. The largest absolute Gasteiger partial charge is 0.369 e. The van der Waals surface area contributed by atoms with Gasteiger partial charge < -0.3 is 15.6 Å². The molecule has 2 aromatic heterocycles. The van der Waals surface area contributed by atoms with Crippen LogP contribution >= 0.6 is 0 Å². The van der Waals surface area contributed by atoms with E-state index in [9.17, 15) is 4.79 Å². The van der Waals surface area contributed by atoms with E-state index < -0.39 is 0 Å². The monoisotopic (exact) mass is 493 g/mol. The van der Waals surface area contributed by atoms with Crippen molar-refractivity contribution in [2.75, 3.05) is 12.3 Å². The Morgan fingerprint density at radius 2 is 1.69 bits per heavy atom. The molecule has 196 valence electrons. The molecule has 0 spiro atoms. The highest BCUT2D eigenvalue weighted by molar-refractivity contribution is 5.94. The molecule has 1 aromatic carbocycles. The van der Waals surface area contributed by atoms with Crippen LogP contribution in [-0.2, 0) is 32.4 Å². The zero-order valence-corrected chi connectivity index (χ0v) is 22.2. The maximum absolute atomic E-state index is 12.4. The van der Waals surface area contributed by atoms with Gasteiger partial charge in [0.2, 0.25) is 0 Å².